The zero-order valence-electron chi connectivity index (χ0n) is 10.1. The summed E-state index contributed by atoms with van der Waals surface area (Å²) in [5.74, 6) is 0.655. The number of aliphatic imine (C=N–C) groups is 1. The molecule has 0 amide bonds. The molecule has 0 unspecified atom stereocenters. The van der Waals surface area contributed by atoms with Gasteiger partial charge >= 0.3 is 0 Å². The van der Waals surface area contributed by atoms with Gasteiger partial charge in [-0.3, -0.25) is 4.90 Å². The highest BCUT2D eigenvalue weighted by atomic mass is 35.5. The van der Waals surface area contributed by atoms with E-state index in [2.05, 4.69) is 27.3 Å². The van der Waals surface area contributed by atoms with Gasteiger partial charge < -0.3 is 4.74 Å². The third-order valence-corrected chi connectivity index (χ3v) is 3.36. The van der Waals surface area contributed by atoms with Crippen molar-refractivity contribution in [1.29, 1.82) is 0 Å². The first-order valence-corrected chi connectivity index (χ1v) is 6.81. The maximum atomic E-state index is 6.07. The van der Waals surface area contributed by atoms with Gasteiger partial charge in [0.2, 0.25) is 0 Å². The van der Waals surface area contributed by atoms with E-state index in [1.807, 2.05) is 0 Å². The summed E-state index contributed by atoms with van der Waals surface area (Å²) in [5, 5.41) is 2.93. The number of benzene rings is 1. The number of isothiocyanates is 1. The minimum atomic E-state index is 0.597. The highest BCUT2D eigenvalue weighted by Gasteiger charge is 2.11. The van der Waals surface area contributed by atoms with Gasteiger partial charge in [-0.05, 0) is 50.3 Å². The second kappa shape index (κ2) is 6.86. The van der Waals surface area contributed by atoms with E-state index in [9.17, 15) is 0 Å². The fourth-order valence-corrected chi connectivity index (χ4v) is 2.29. The Morgan fingerprint density at radius 3 is 2.89 bits per heavy atom. The summed E-state index contributed by atoms with van der Waals surface area (Å²) in [5.41, 5.74) is 0.713. The van der Waals surface area contributed by atoms with Crippen molar-refractivity contribution in [3.05, 3.63) is 23.2 Å². The van der Waals surface area contributed by atoms with E-state index in [1.54, 1.807) is 18.2 Å². The van der Waals surface area contributed by atoms with Gasteiger partial charge in [0.25, 0.3) is 0 Å². The zero-order valence-corrected chi connectivity index (χ0v) is 11.6. The van der Waals surface area contributed by atoms with E-state index in [0.717, 1.165) is 6.54 Å². The van der Waals surface area contributed by atoms with Gasteiger partial charge in [0.05, 0.1) is 15.9 Å². The second-order valence-corrected chi connectivity index (χ2v) is 4.80. The monoisotopic (exact) mass is 282 g/mol. The van der Waals surface area contributed by atoms with Crippen LogP contribution in [0.4, 0.5) is 5.69 Å². The molecule has 0 aliphatic carbocycles. The van der Waals surface area contributed by atoms with Crippen LogP contribution < -0.4 is 4.74 Å². The molecule has 1 aromatic rings. The zero-order chi connectivity index (χ0) is 12.8. The summed E-state index contributed by atoms with van der Waals surface area (Å²) in [6, 6.07) is 5.33. The Morgan fingerprint density at radius 1 is 1.39 bits per heavy atom. The van der Waals surface area contributed by atoms with E-state index in [-0.39, 0.29) is 0 Å². The van der Waals surface area contributed by atoms with Crippen molar-refractivity contribution in [2.75, 3.05) is 26.2 Å². The minimum Gasteiger partial charge on any atom is -0.491 e. The topological polar surface area (TPSA) is 24.8 Å². The summed E-state index contributed by atoms with van der Waals surface area (Å²) in [7, 11) is 0. The molecule has 1 aliphatic rings. The summed E-state index contributed by atoms with van der Waals surface area (Å²) in [6.45, 7) is 3.93. The number of hydrogen-bond acceptors (Lipinski definition) is 4. The average molecular weight is 283 g/mol. The normalized spacial score (nSPS) is 15.4. The lowest BCUT2D eigenvalue weighted by atomic mass is 10.3. The van der Waals surface area contributed by atoms with Crippen LogP contribution in [0.3, 0.4) is 0 Å². The molecular formula is C13H15ClN2OS. The molecule has 0 aromatic heterocycles. The van der Waals surface area contributed by atoms with Crippen LogP contribution in [-0.2, 0) is 0 Å². The van der Waals surface area contributed by atoms with E-state index in [4.69, 9.17) is 16.3 Å². The maximum absolute atomic E-state index is 6.07. The summed E-state index contributed by atoms with van der Waals surface area (Å²) >= 11 is 10.6. The molecule has 18 heavy (non-hydrogen) atoms. The van der Waals surface area contributed by atoms with Crippen LogP contribution >= 0.6 is 23.8 Å². The first-order chi connectivity index (χ1) is 8.79. The van der Waals surface area contributed by atoms with Gasteiger partial charge in [-0.1, -0.05) is 11.6 Å². The van der Waals surface area contributed by atoms with Crippen molar-refractivity contribution in [3.63, 3.8) is 0 Å². The Morgan fingerprint density at radius 2 is 2.17 bits per heavy atom. The van der Waals surface area contributed by atoms with Crippen molar-refractivity contribution in [1.82, 2.24) is 4.90 Å². The van der Waals surface area contributed by atoms with Crippen LogP contribution in [0.25, 0.3) is 0 Å². The number of hydrogen-bond donors (Lipinski definition) is 0. The van der Waals surface area contributed by atoms with E-state index < -0.39 is 0 Å². The molecular weight excluding hydrogens is 268 g/mol. The lowest BCUT2D eigenvalue weighted by Gasteiger charge is -2.15. The molecule has 0 saturated carbocycles. The molecule has 0 radical (unpaired) electrons. The van der Waals surface area contributed by atoms with Crippen molar-refractivity contribution in [2.45, 2.75) is 12.8 Å². The van der Waals surface area contributed by atoms with Gasteiger partial charge in [-0.2, -0.15) is 4.99 Å². The van der Waals surface area contributed by atoms with E-state index in [0.29, 0.717) is 23.1 Å². The SMILES string of the molecule is S=C=Nc1ccc(Cl)c(OCCN2CCCC2)c1. The molecule has 1 aromatic carbocycles. The highest BCUT2D eigenvalue weighted by molar-refractivity contribution is 7.78. The third-order valence-electron chi connectivity index (χ3n) is 2.95. The number of ether oxygens (including phenoxy) is 1. The third kappa shape index (κ3) is 3.79. The lowest BCUT2D eigenvalue weighted by Crippen LogP contribution is -2.25. The Balaban J connectivity index is 1.90. The smallest absolute Gasteiger partial charge is 0.140 e. The molecule has 0 N–H and O–H groups in total. The van der Waals surface area contributed by atoms with Crippen LogP contribution in [0.2, 0.25) is 5.02 Å². The Hall–Kier alpha value is -0.930. The number of halogens is 1. The van der Waals surface area contributed by atoms with Crippen LogP contribution in [0.5, 0.6) is 5.75 Å². The summed E-state index contributed by atoms with van der Waals surface area (Å²) in [6.07, 6.45) is 2.58. The predicted molar refractivity (Wildman–Crippen MR) is 77.3 cm³/mol. The quantitative estimate of drug-likeness (QED) is 0.610. The summed E-state index contributed by atoms with van der Waals surface area (Å²) < 4.78 is 5.69. The summed E-state index contributed by atoms with van der Waals surface area (Å²) in [4.78, 5) is 6.31. The lowest BCUT2D eigenvalue weighted by molar-refractivity contribution is 0.238. The fraction of sp³-hybridized carbons (Fsp3) is 0.462. The average Bonchev–Trinajstić information content (AvgIpc) is 2.86. The molecule has 96 valence electrons. The Kier molecular flexibility index (Phi) is 5.14. The first kappa shape index (κ1) is 13.5. The molecule has 1 saturated heterocycles. The Bertz CT molecular complexity index is 454. The van der Waals surface area contributed by atoms with E-state index >= 15 is 0 Å². The van der Waals surface area contributed by atoms with Gasteiger partial charge in [-0.25, -0.2) is 0 Å². The van der Waals surface area contributed by atoms with E-state index in [1.165, 1.54) is 25.9 Å². The van der Waals surface area contributed by atoms with Crippen LogP contribution in [-0.4, -0.2) is 36.3 Å². The van der Waals surface area contributed by atoms with Gasteiger partial charge in [-0.15, -0.1) is 0 Å². The van der Waals surface area contributed by atoms with Crippen molar-refractivity contribution >= 4 is 34.7 Å². The number of nitrogens with zero attached hydrogens (tertiary/aromatic N) is 2. The van der Waals surface area contributed by atoms with Crippen molar-refractivity contribution < 1.29 is 4.74 Å². The Labute approximate surface area is 117 Å². The minimum absolute atomic E-state index is 0.597. The van der Waals surface area contributed by atoms with Crippen LogP contribution in [0, 0.1) is 0 Å². The predicted octanol–water partition coefficient (Wildman–Crippen LogP) is 3.55. The largest absolute Gasteiger partial charge is 0.491 e. The fourth-order valence-electron chi connectivity index (χ4n) is 2.02. The molecule has 5 heteroatoms. The second-order valence-electron chi connectivity index (χ2n) is 4.22. The number of thiocarbonyl (C=S) groups is 1. The van der Waals surface area contributed by atoms with Gasteiger partial charge in [0.15, 0.2) is 0 Å². The maximum Gasteiger partial charge on any atom is 0.140 e. The molecule has 1 fully saturated rings. The van der Waals surface area contributed by atoms with Gasteiger partial charge in [0, 0.05) is 12.6 Å². The van der Waals surface area contributed by atoms with Crippen molar-refractivity contribution in [3.8, 4) is 5.75 Å². The molecule has 0 spiro atoms. The molecule has 1 aliphatic heterocycles. The number of rotatable bonds is 5. The molecule has 3 nitrogen and oxygen atoms in total. The highest BCUT2D eigenvalue weighted by Crippen LogP contribution is 2.29. The van der Waals surface area contributed by atoms with Gasteiger partial charge in [0.1, 0.15) is 12.4 Å². The van der Waals surface area contributed by atoms with Crippen LogP contribution in [0.1, 0.15) is 12.8 Å². The molecule has 2 rings (SSSR count). The van der Waals surface area contributed by atoms with Crippen molar-refractivity contribution in [2.24, 2.45) is 4.99 Å². The molecule has 0 atom stereocenters. The standard InChI is InChI=1S/C13H15ClN2OS/c14-12-4-3-11(15-10-18)9-13(12)17-8-7-16-5-1-2-6-16/h3-4,9H,1-2,5-8H2. The van der Waals surface area contributed by atoms with Crippen LogP contribution in [0.15, 0.2) is 23.2 Å². The first-order valence-electron chi connectivity index (χ1n) is 6.02. The number of likely N-dealkylation sites (tertiary alicyclic amines) is 1. The molecule has 1 heterocycles. The molecule has 0 bridgehead atoms.